The van der Waals surface area contributed by atoms with Crippen LogP contribution in [0.5, 0.6) is 5.75 Å². The summed E-state index contributed by atoms with van der Waals surface area (Å²) < 4.78 is 5.68. The Morgan fingerprint density at radius 2 is 1.70 bits per heavy atom. The van der Waals surface area contributed by atoms with Crippen LogP contribution in [-0.2, 0) is 0 Å². The number of aromatic nitrogens is 1. The molecule has 3 heteroatoms. The van der Waals surface area contributed by atoms with Crippen molar-refractivity contribution in [3.05, 3.63) is 96.2 Å². The molecule has 5 aromatic rings. The van der Waals surface area contributed by atoms with Gasteiger partial charge in [0, 0.05) is 30.1 Å². The van der Waals surface area contributed by atoms with Crippen LogP contribution >= 0.6 is 0 Å². The summed E-state index contributed by atoms with van der Waals surface area (Å²) in [4.78, 5) is 7.57. The van der Waals surface area contributed by atoms with E-state index in [-0.39, 0.29) is 5.92 Å². The Morgan fingerprint density at radius 3 is 2.49 bits per heavy atom. The largest absolute Gasteiger partial charge is 0.497 e. The van der Waals surface area contributed by atoms with Gasteiger partial charge in [0.1, 0.15) is 5.75 Å². The van der Waals surface area contributed by atoms with Crippen molar-refractivity contribution < 1.29 is 4.74 Å². The van der Waals surface area contributed by atoms with Crippen molar-refractivity contribution in [3.63, 3.8) is 0 Å². The van der Waals surface area contributed by atoms with Gasteiger partial charge in [0.15, 0.2) is 0 Å². The minimum Gasteiger partial charge on any atom is -0.497 e. The molecule has 8 rings (SSSR count). The van der Waals surface area contributed by atoms with Crippen LogP contribution in [0, 0.1) is 11.8 Å². The molecule has 1 unspecified atom stereocenters. The summed E-state index contributed by atoms with van der Waals surface area (Å²) in [5.41, 5.74) is 3.85. The van der Waals surface area contributed by atoms with Gasteiger partial charge in [0.05, 0.1) is 12.6 Å². The molecule has 5 atom stereocenters. The lowest BCUT2D eigenvalue weighted by molar-refractivity contribution is -0.00621. The molecule has 0 saturated carbocycles. The number of rotatable bonds is 5. The number of methoxy groups -OCH3 is 1. The van der Waals surface area contributed by atoms with Crippen LogP contribution < -0.4 is 4.74 Å². The Labute approximate surface area is 219 Å². The topological polar surface area (TPSA) is 25.4 Å². The van der Waals surface area contributed by atoms with E-state index < -0.39 is 0 Å². The highest BCUT2D eigenvalue weighted by Gasteiger charge is 2.44. The van der Waals surface area contributed by atoms with Crippen molar-refractivity contribution in [2.45, 2.75) is 38.1 Å². The zero-order chi connectivity index (χ0) is 24.9. The van der Waals surface area contributed by atoms with Crippen LogP contribution in [0.4, 0.5) is 0 Å². The van der Waals surface area contributed by atoms with Crippen LogP contribution in [-0.4, -0.2) is 36.1 Å². The van der Waals surface area contributed by atoms with Gasteiger partial charge in [-0.2, -0.15) is 0 Å². The molecule has 4 aromatic carbocycles. The van der Waals surface area contributed by atoms with Gasteiger partial charge in [0.25, 0.3) is 0 Å². The maximum absolute atomic E-state index is 5.68. The summed E-state index contributed by atoms with van der Waals surface area (Å²) in [6, 6.07) is 29.4. The molecule has 0 radical (unpaired) electrons. The van der Waals surface area contributed by atoms with Crippen LogP contribution in [0.15, 0.2) is 85.1 Å². The number of fused-ring (bicyclic) bond motifs is 7. The zero-order valence-electron chi connectivity index (χ0n) is 21.7. The number of pyridine rings is 1. The van der Waals surface area contributed by atoms with Crippen LogP contribution in [0.1, 0.15) is 43.2 Å². The molecule has 3 nitrogen and oxygen atoms in total. The predicted molar refractivity (Wildman–Crippen MR) is 153 cm³/mol. The molecule has 2 bridgehead atoms. The minimum atomic E-state index is 0.257. The zero-order valence-corrected chi connectivity index (χ0v) is 21.7. The highest BCUT2D eigenvalue weighted by Crippen LogP contribution is 2.48. The van der Waals surface area contributed by atoms with E-state index in [1.165, 1.54) is 70.4 Å². The average molecular weight is 487 g/mol. The second-order valence-electron chi connectivity index (χ2n) is 11.0. The van der Waals surface area contributed by atoms with Gasteiger partial charge in [-0.3, -0.25) is 9.88 Å². The Balaban J connectivity index is 1.51. The number of benzene rings is 4. The SMILES string of the molecule is CC[C@H]1CN2CC[C@H]1C[C@@H]2[C@H](c1ccnc2ccc(OC)cc12)c1cc2ccccc2c2ccccc12. The average Bonchev–Trinajstić information content (AvgIpc) is 2.97. The number of piperidine rings is 3. The predicted octanol–water partition coefficient (Wildman–Crippen LogP) is 7.80. The van der Waals surface area contributed by atoms with Gasteiger partial charge in [-0.05, 0) is 94.2 Å². The molecule has 3 aliphatic rings. The Kier molecular flexibility index (Phi) is 5.62. The molecule has 4 heterocycles. The maximum Gasteiger partial charge on any atom is 0.119 e. The van der Waals surface area contributed by atoms with Crippen molar-refractivity contribution in [1.82, 2.24) is 9.88 Å². The normalized spacial score (nSPS) is 24.1. The van der Waals surface area contributed by atoms with Gasteiger partial charge in [-0.1, -0.05) is 61.9 Å². The van der Waals surface area contributed by atoms with E-state index >= 15 is 0 Å². The summed E-state index contributed by atoms with van der Waals surface area (Å²) in [6.45, 7) is 4.80. The van der Waals surface area contributed by atoms with E-state index in [1.54, 1.807) is 7.11 Å². The van der Waals surface area contributed by atoms with Crippen LogP contribution in [0.2, 0.25) is 0 Å². The smallest absolute Gasteiger partial charge is 0.119 e. The summed E-state index contributed by atoms with van der Waals surface area (Å²) in [5.74, 6) is 2.79. The molecule has 0 amide bonds. The first kappa shape index (κ1) is 22.7. The van der Waals surface area contributed by atoms with Crippen molar-refractivity contribution in [3.8, 4) is 5.75 Å². The van der Waals surface area contributed by atoms with Crippen molar-refractivity contribution in [1.29, 1.82) is 0 Å². The van der Waals surface area contributed by atoms with E-state index in [2.05, 4.69) is 84.6 Å². The standard InChI is InChI=1S/C34H34N2O/c1-3-22-21-36-17-15-23(22)19-33(36)34(29-14-16-35-32-13-12-25(37-2)20-30(29)32)31-18-24-8-4-5-9-26(24)27-10-6-7-11-28(27)31/h4-14,16,18,20,22-23,33-34H,3,15,17,19,21H2,1-2H3/t22-,23-,33+,34+/m0/s1. The molecule has 0 spiro atoms. The quantitative estimate of drug-likeness (QED) is 0.237. The molecule has 0 N–H and O–H groups in total. The highest BCUT2D eigenvalue weighted by atomic mass is 16.5. The number of ether oxygens (including phenoxy) is 1. The van der Waals surface area contributed by atoms with Crippen LogP contribution in [0.3, 0.4) is 0 Å². The van der Waals surface area contributed by atoms with E-state index in [0.717, 1.165) is 23.1 Å². The third-order valence-electron chi connectivity index (χ3n) is 9.30. The van der Waals surface area contributed by atoms with Crippen molar-refractivity contribution >= 4 is 32.4 Å². The molecule has 37 heavy (non-hydrogen) atoms. The number of nitrogens with zero attached hydrogens (tertiary/aromatic N) is 2. The lowest BCUT2D eigenvalue weighted by Crippen LogP contribution is -2.55. The third-order valence-corrected chi connectivity index (χ3v) is 9.30. The first-order valence-electron chi connectivity index (χ1n) is 13.8. The number of hydrogen-bond acceptors (Lipinski definition) is 3. The van der Waals surface area contributed by atoms with Gasteiger partial charge in [-0.15, -0.1) is 0 Å². The highest BCUT2D eigenvalue weighted by molar-refractivity contribution is 6.09. The summed E-state index contributed by atoms with van der Waals surface area (Å²) in [6.07, 6.45) is 5.89. The van der Waals surface area contributed by atoms with Crippen molar-refractivity contribution in [2.75, 3.05) is 20.2 Å². The van der Waals surface area contributed by atoms with E-state index in [1.807, 2.05) is 12.3 Å². The summed E-state index contributed by atoms with van der Waals surface area (Å²) in [7, 11) is 1.75. The van der Waals surface area contributed by atoms with Gasteiger partial charge in [-0.25, -0.2) is 0 Å². The molecule has 3 saturated heterocycles. The van der Waals surface area contributed by atoms with Crippen molar-refractivity contribution in [2.24, 2.45) is 11.8 Å². The van der Waals surface area contributed by atoms with Gasteiger partial charge < -0.3 is 4.74 Å². The molecule has 0 aliphatic carbocycles. The molecule has 3 aliphatic heterocycles. The van der Waals surface area contributed by atoms with Gasteiger partial charge in [0.2, 0.25) is 0 Å². The van der Waals surface area contributed by atoms with E-state index in [4.69, 9.17) is 9.72 Å². The molecular formula is C34H34N2O. The first-order valence-corrected chi connectivity index (χ1v) is 13.8. The maximum atomic E-state index is 5.68. The molecular weight excluding hydrogens is 452 g/mol. The summed E-state index contributed by atoms with van der Waals surface area (Å²) >= 11 is 0. The van der Waals surface area contributed by atoms with Gasteiger partial charge >= 0.3 is 0 Å². The fourth-order valence-corrected chi connectivity index (χ4v) is 7.46. The number of hydrogen-bond donors (Lipinski definition) is 0. The summed E-state index contributed by atoms with van der Waals surface area (Å²) in [5, 5.41) is 6.57. The third kappa shape index (κ3) is 3.71. The second kappa shape index (κ2) is 9.15. The fourth-order valence-electron chi connectivity index (χ4n) is 7.46. The Hall–Kier alpha value is -3.43. The van der Waals surface area contributed by atoms with E-state index in [9.17, 15) is 0 Å². The Bertz CT molecular complexity index is 1610. The monoisotopic (exact) mass is 486 g/mol. The Morgan fingerprint density at radius 1 is 0.892 bits per heavy atom. The minimum absolute atomic E-state index is 0.257. The fraction of sp³-hybridized carbons (Fsp3) is 0.324. The van der Waals surface area contributed by atoms with Crippen LogP contribution in [0.25, 0.3) is 32.4 Å². The molecule has 1 aromatic heterocycles. The first-order chi connectivity index (χ1) is 18.2. The second-order valence-corrected chi connectivity index (χ2v) is 11.0. The molecule has 186 valence electrons. The lowest BCUT2D eigenvalue weighted by Gasteiger charge is -2.52. The lowest BCUT2D eigenvalue weighted by atomic mass is 9.68. The van der Waals surface area contributed by atoms with E-state index in [0.29, 0.717) is 6.04 Å². The molecule has 3 fully saturated rings.